The molecule has 1 amide bonds. The van der Waals surface area contributed by atoms with Gasteiger partial charge in [0.05, 0.1) is 27.3 Å². The Balaban J connectivity index is 1.52. The highest BCUT2D eigenvalue weighted by molar-refractivity contribution is 6.36. The van der Waals surface area contributed by atoms with Crippen molar-refractivity contribution in [3.05, 3.63) is 51.6 Å². The van der Waals surface area contributed by atoms with Crippen LogP contribution in [0.3, 0.4) is 0 Å². The average molecular weight is 400 g/mol. The molecule has 0 atom stereocenters. The summed E-state index contributed by atoms with van der Waals surface area (Å²) in [6.45, 7) is 3.48. The summed E-state index contributed by atoms with van der Waals surface area (Å²) in [6, 6.07) is 9.35. The molecule has 0 saturated carbocycles. The standard InChI is InChI=1S/C17H17Cl3N4O/c18-12-9-14(20)17(21-10-12)22-16(25)11-23-5-7-24(8-6-23)15-4-2-1-3-13(15)19/h1-4,9-10H,5-8,11H2,(H,21,22,25). The van der Waals surface area contributed by atoms with E-state index in [9.17, 15) is 4.79 Å². The zero-order valence-electron chi connectivity index (χ0n) is 13.4. The fourth-order valence-electron chi connectivity index (χ4n) is 2.74. The first-order valence-corrected chi connectivity index (χ1v) is 8.99. The summed E-state index contributed by atoms with van der Waals surface area (Å²) in [4.78, 5) is 20.6. The maximum atomic E-state index is 12.2. The van der Waals surface area contributed by atoms with Crippen LogP contribution in [0.25, 0.3) is 0 Å². The quantitative estimate of drug-likeness (QED) is 0.849. The third kappa shape index (κ3) is 4.76. The number of carbonyl (C=O) groups is 1. The molecule has 0 unspecified atom stereocenters. The van der Waals surface area contributed by atoms with Crippen LogP contribution in [0.4, 0.5) is 11.5 Å². The van der Waals surface area contributed by atoms with E-state index in [2.05, 4.69) is 20.1 Å². The van der Waals surface area contributed by atoms with Gasteiger partial charge in [0.1, 0.15) is 0 Å². The van der Waals surface area contributed by atoms with Crippen LogP contribution < -0.4 is 10.2 Å². The van der Waals surface area contributed by atoms with Crippen LogP contribution in [0.2, 0.25) is 15.1 Å². The van der Waals surface area contributed by atoms with E-state index in [0.717, 1.165) is 36.9 Å². The van der Waals surface area contributed by atoms with Crippen molar-refractivity contribution in [1.29, 1.82) is 0 Å². The van der Waals surface area contributed by atoms with Gasteiger partial charge < -0.3 is 10.2 Å². The Morgan fingerprint density at radius 2 is 1.80 bits per heavy atom. The van der Waals surface area contributed by atoms with Crippen LogP contribution in [0.15, 0.2) is 36.5 Å². The Kier molecular flexibility index (Phi) is 6.02. The molecule has 0 spiro atoms. The molecule has 2 aromatic rings. The molecule has 1 aromatic heterocycles. The normalized spacial score (nSPS) is 15.2. The molecule has 1 aliphatic heterocycles. The van der Waals surface area contributed by atoms with Crippen LogP contribution in [0.5, 0.6) is 0 Å². The number of para-hydroxylation sites is 1. The zero-order chi connectivity index (χ0) is 17.8. The highest BCUT2D eigenvalue weighted by Gasteiger charge is 2.20. The van der Waals surface area contributed by atoms with Gasteiger partial charge in [-0.3, -0.25) is 9.69 Å². The lowest BCUT2D eigenvalue weighted by atomic mass is 10.2. The van der Waals surface area contributed by atoms with Gasteiger partial charge in [-0.1, -0.05) is 46.9 Å². The van der Waals surface area contributed by atoms with Crippen LogP contribution in [-0.4, -0.2) is 48.5 Å². The van der Waals surface area contributed by atoms with Gasteiger partial charge in [-0.2, -0.15) is 0 Å². The molecule has 1 saturated heterocycles. The second kappa shape index (κ2) is 8.23. The molecule has 1 fully saturated rings. The monoisotopic (exact) mass is 398 g/mol. The summed E-state index contributed by atoms with van der Waals surface area (Å²) in [5.74, 6) is 0.175. The Labute approximate surface area is 161 Å². The van der Waals surface area contributed by atoms with Crippen molar-refractivity contribution in [3.8, 4) is 0 Å². The van der Waals surface area contributed by atoms with Gasteiger partial charge in [0.25, 0.3) is 0 Å². The lowest BCUT2D eigenvalue weighted by Gasteiger charge is -2.36. The second-order valence-electron chi connectivity index (χ2n) is 5.75. The van der Waals surface area contributed by atoms with Gasteiger partial charge in [0.15, 0.2) is 5.82 Å². The van der Waals surface area contributed by atoms with Crippen molar-refractivity contribution in [2.45, 2.75) is 0 Å². The minimum Gasteiger partial charge on any atom is -0.368 e. The minimum atomic E-state index is -0.150. The first-order valence-electron chi connectivity index (χ1n) is 7.85. The number of carbonyl (C=O) groups excluding carboxylic acids is 1. The van der Waals surface area contributed by atoms with Crippen LogP contribution in [-0.2, 0) is 4.79 Å². The number of aromatic nitrogens is 1. The summed E-state index contributed by atoms with van der Waals surface area (Å²) in [7, 11) is 0. The van der Waals surface area contributed by atoms with Crippen molar-refractivity contribution in [1.82, 2.24) is 9.88 Å². The molecule has 3 rings (SSSR count). The summed E-state index contributed by atoms with van der Waals surface area (Å²) in [5.41, 5.74) is 1.03. The van der Waals surface area contributed by atoms with Gasteiger partial charge in [-0.15, -0.1) is 0 Å². The Morgan fingerprint density at radius 3 is 2.48 bits per heavy atom. The van der Waals surface area contributed by atoms with E-state index in [1.165, 1.54) is 6.20 Å². The molecule has 25 heavy (non-hydrogen) atoms. The Bertz CT molecular complexity index is 763. The van der Waals surface area contributed by atoms with E-state index in [4.69, 9.17) is 34.8 Å². The highest BCUT2D eigenvalue weighted by Crippen LogP contribution is 2.26. The van der Waals surface area contributed by atoms with Gasteiger partial charge in [0, 0.05) is 32.4 Å². The van der Waals surface area contributed by atoms with E-state index >= 15 is 0 Å². The van der Waals surface area contributed by atoms with Gasteiger partial charge in [-0.25, -0.2) is 4.98 Å². The minimum absolute atomic E-state index is 0.150. The molecular formula is C17H17Cl3N4O. The van der Waals surface area contributed by atoms with E-state index in [-0.39, 0.29) is 12.5 Å². The molecule has 5 nitrogen and oxygen atoms in total. The average Bonchev–Trinajstić information content (AvgIpc) is 2.59. The summed E-state index contributed by atoms with van der Waals surface area (Å²) in [5, 5.41) is 4.22. The molecule has 0 radical (unpaired) electrons. The molecule has 1 N–H and O–H groups in total. The summed E-state index contributed by atoms with van der Waals surface area (Å²) < 4.78 is 0. The largest absolute Gasteiger partial charge is 0.368 e. The van der Waals surface area contributed by atoms with Gasteiger partial charge in [0.2, 0.25) is 5.91 Å². The smallest absolute Gasteiger partial charge is 0.239 e. The maximum absolute atomic E-state index is 12.2. The number of benzene rings is 1. The van der Waals surface area contributed by atoms with E-state index < -0.39 is 0 Å². The molecule has 132 valence electrons. The second-order valence-corrected chi connectivity index (χ2v) is 7.00. The van der Waals surface area contributed by atoms with Crippen molar-refractivity contribution < 1.29 is 4.79 Å². The number of anilines is 2. The highest BCUT2D eigenvalue weighted by atomic mass is 35.5. The van der Waals surface area contributed by atoms with E-state index in [0.29, 0.717) is 15.9 Å². The molecule has 1 aliphatic rings. The fraction of sp³-hybridized carbons (Fsp3) is 0.294. The predicted octanol–water partition coefficient (Wildman–Crippen LogP) is 3.80. The number of pyridine rings is 1. The lowest BCUT2D eigenvalue weighted by molar-refractivity contribution is -0.117. The lowest BCUT2D eigenvalue weighted by Crippen LogP contribution is -2.48. The van der Waals surface area contributed by atoms with Crippen molar-refractivity contribution in [2.75, 3.05) is 42.9 Å². The van der Waals surface area contributed by atoms with Crippen molar-refractivity contribution in [2.24, 2.45) is 0 Å². The number of rotatable bonds is 4. The van der Waals surface area contributed by atoms with Crippen LogP contribution in [0, 0.1) is 0 Å². The zero-order valence-corrected chi connectivity index (χ0v) is 15.7. The first-order chi connectivity index (χ1) is 12.0. The molecule has 1 aromatic carbocycles. The number of hydrogen-bond acceptors (Lipinski definition) is 4. The summed E-state index contributed by atoms with van der Waals surface area (Å²) in [6.07, 6.45) is 1.45. The van der Waals surface area contributed by atoms with Gasteiger partial charge >= 0.3 is 0 Å². The molecule has 2 heterocycles. The number of nitrogens with one attached hydrogen (secondary N) is 1. The fourth-order valence-corrected chi connectivity index (χ4v) is 3.42. The van der Waals surface area contributed by atoms with Crippen LogP contribution in [0.1, 0.15) is 0 Å². The number of amides is 1. The van der Waals surface area contributed by atoms with Gasteiger partial charge in [-0.05, 0) is 18.2 Å². The SMILES string of the molecule is O=C(CN1CCN(c2ccccc2Cl)CC1)Nc1ncc(Cl)cc1Cl. The molecule has 8 heteroatoms. The number of piperazine rings is 1. The predicted molar refractivity (Wildman–Crippen MR) is 103 cm³/mol. The first kappa shape index (κ1) is 18.3. The topological polar surface area (TPSA) is 48.5 Å². The molecular weight excluding hydrogens is 383 g/mol. The molecule has 0 bridgehead atoms. The number of halogens is 3. The summed E-state index contributed by atoms with van der Waals surface area (Å²) >= 11 is 18.1. The van der Waals surface area contributed by atoms with E-state index in [1.54, 1.807) is 6.07 Å². The third-order valence-corrected chi connectivity index (χ3v) is 4.81. The molecule has 0 aliphatic carbocycles. The Hall–Kier alpha value is -1.53. The number of hydrogen-bond donors (Lipinski definition) is 1. The van der Waals surface area contributed by atoms with E-state index in [1.807, 2.05) is 24.3 Å². The van der Waals surface area contributed by atoms with Crippen LogP contribution >= 0.6 is 34.8 Å². The van der Waals surface area contributed by atoms with Crippen molar-refractivity contribution in [3.63, 3.8) is 0 Å². The number of nitrogens with zero attached hydrogens (tertiary/aromatic N) is 3. The maximum Gasteiger partial charge on any atom is 0.239 e. The third-order valence-electron chi connectivity index (χ3n) is 4.00. The van der Waals surface area contributed by atoms with Crippen molar-refractivity contribution >= 4 is 52.2 Å². The Morgan fingerprint density at radius 1 is 1.08 bits per heavy atom.